The lowest BCUT2D eigenvalue weighted by Gasteiger charge is -2.36. The molecule has 2 aliphatic heterocycles. The fraction of sp³-hybridized carbons (Fsp3) is 0.846. The molecule has 3 rings (SSSR count). The summed E-state index contributed by atoms with van der Waals surface area (Å²) in [5.74, 6) is -0.241. The van der Waals surface area contributed by atoms with Gasteiger partial charge in [-0.2, -0.15) is 0 Å². The van der Waals surface area contributed by atoms with Gasteiger partial charge in [0.2, 0.25) is 0 Å². The van der Waals surface area contributed by atoms with E-state index in [2.05, 4.69) is 0 Å². The summed E-state index contributed by atoms with van der Waals surface area (Å²) in [4.78, 5) is 22.3. The summed E-state index contributed by atoms with van der Waals surface area (Å²) in [6, 6.07) is 0. The van der Waals surface area contributed by atoms with Crippen LogP contribution in [0.4, 0.5) is 4.79 Å². The molecule has 0 spiro atoms. The van der Waals surface area contributed by atoms with E-state index >= 15 is 0 Å². The molecule has 3 fully saturated rings. The second kappa shape index (κ2) is 3.85. The maximum Gasteiger partial charge on any atom is 0.509 e. The van der Waals surface area contributed by atoms with Gasteiger partial charge < -0.3 is 18.9 Å². The Morgan fingerprint density at radius 2 is 2.11 bits per heavy atom. The van der Waals surface area contributed by atoms with Gasteiger partial charge in [-0.25, -0.2) is 4.79 Å². The van der Waals surface area contributed by atoms with Crippen LogP contribution >= 0.6 is 0 Å². The molecule has 1 saturated carbocycles. The van der Waals surface area contributed by atoms with E-state index in [0.29, 0.717) is 6.42 Å². The van der Waals surface area contributed by atoms with Crippen LogP contribution in [0.2, 0.25) is 0 Å². The predicted octanol–water partition coefficient (Wildman–Crippen LogP) is 1.41. The highest BCUT2D eigenvalue weighted by atomic mass is 16.8. The van der Waals surface area contributed by atoms with Crippen molar-refractivity contribution in [3.05, 3.63) is 0 Å². The Morgan fingerprint density at radius 1 is 1.37 bits per heavy atom. The smallest absolute Gasteiger partial charge is 0.459 e. The van der Waals surface area contributed by atoms with Crippen molar-refractivity contribution in [3.63, 3.8) is 0 Å². The lowest BCUT2D eigenvalue weighted by Crippen LogP contribution is -2.47. The Labute approximate surface area is 111 Å². The van der Waals surface area contributed by atoms with E-state index in [-0.39, 0.29) is 36.3 Å². The van der Waals surface area contributed by atoms with Gasteiger partial charge in [-0.1, -0.05) is 0 Å². The molecule has 6 nitrogen and oxygen atoms in total. The van der Waals surface area contributed by atoms with Crippen LogP contribution in [0.25, 0.3) is 0 Å². The lowest BCUT2D eigenvalue weighted by atomic mass is 9.73. The number of fused-ring (bicyclic) bond motifs is 1. The first-order valence-electron chi connectivity index (χ1n) is 6.54. The summed E-state index contributed by atoms with van der Waals surface area (Å²) >= 11 is 0. The topological polar surface area (TPSA) is 74.4 Å². The molecular weight excluding hydrogens is 252 g/mol. The first kappa shape index (κ1) is 12.7. The molecule has 0 radical (unpaired) electrons. The number of rotatable bonds is 2. The van der Waals surface area contributed by atoms with Gasteiger partial charge in [-0.15, -0.1) is 0 Å². The first-order chi connectivity index (χ1) is 8.83. The van der Waals surface area contributed by atoms with Crippen LogP contribution in [-0.4, -0.2) is 42.1 Å². The molecule has 0 N–H and O–H groups in total. The average Bonchev–Trinajstić information content (AvgIpc) is 2.86. The third kappa shape index (κ3) is 1.98. The predicted molar refractivity (Wildman–Crippen MR) is 62.4 cm³/mol. The molecule has 3 aliphatic rings. The average molecular weight is 270 g/mol. The number of esters is 1. The highest BCUT2D eigenvalue weighted by Gasteiger charge is 2.65. The van der Waals surface area contributed by atoms with Crippen molar-refractivity contribution in [1.29, 1.82) is 0 Å². The number of hydrogen-bond donors (Lipinski definition) is 0. The normalized spacial score (nSPS) is 47.9. The van der Waals surface area contributed by atoms with E-state index in [4.69, 9.17) is 18.9 Å². The Morgan fingerprint density at radius 3 is 2.68 bits per heavy atom. The largest absolute Gasteiger partial charge is 0.509 e. The first-order valence-corrected chi connectivity index (χ1v) is 6.54. The molecule has 6 heteroatoms. The molecular formula is C13H18O6. The zero-order valence-corrected chi connectivity index (χ0v) is 11.3. The van der Waals surface area contributed by atoms with Gasteiger partial charge in [0.15, 0.2) is 0 Å². The zero-order chi connectivity index (χ0) is 13.8. The third-order valence-electron chi connectivity index (χ3n) is 4.58. The maximum atomic E-state index is 11.2. The van der Waals surface area contributed by atoms with Gasteiger partial charge in [-0.05, 0) is 26.7 Å². The second-order valence-corrected chi connectivity index (χ2v) is 6.01. The van der Waals surface area contributed by atoms with Crippen LogP contribution in [0, 0.1) is 5.92 Å². The summed E-state index contributed by atoms with van der Waals surface area (Å²) in [5, 5.41) is 0. The molecule has 5 atom stereocenters. The number of carbonyl (C=O) groups is 2. The van der Waals surface area contributed by atoms with Gasteiger partial charge in [-0.3, -0.25) is 4.79 Å². The number of cyclic esters (lactones) is 2. The minimum Gasteiger partial charge on any atom is -0.459 e. The van der Waals surface area contributed by atoms with Gasteiger partial charge >= 0.3 is 12.1 Å². The van der Waals surface area contributed by atoms with Crippen LogP contribution in [0.5, 0.6) is 0 Å². The van der Waals surface area contributed by atoms with E-state index in [1.165, 1.54) is 6.92 Å². The van der Waals surface area contributed by atoms with Crippen molar-refractivity contribution in [1.82, 2.24) is 0 Å². The van der Waals surface area contributed by atoms with Crippen molar-refractivity contribution in [2.75, 3.05) is 6.61 Å². The summed E-state index contributed by atoms with van der Waals surface area (Å²) in [6.07, 6.45) is 0.564. The molecule has 0 unspecified atom stereocenters. The second-order valence-electron chi connectivity index (χ2n) is 6.01. The zero-order valence-electron chi connectivity index (χ0n) is 11.3. The van der Waals surface area contributed by atoms with Crippen molar-refractivity contribution >= 4 is 12.1 Å². The number of hydrogen-bond acceptors (Lipinski definition) is 6. The molecule has 0 amide bonds. The van der Waals surface area contributed by atoms with Gasteiger partial charge in [0.25, 0.3) is 0 Å². The molecule has 0 aromatic heterocycles. The van der Waals surface area contributed by atoms with Gasteiger partial charge in [0.1, 0.15) is 23.9 Å². The number of epoxide rings is 1. The Kier molecular flexibility index (Phi) is 2.58. The van der Waals surface area contributed by atoms with E-state index in [9.17, 15) is 9.59 Å². The quantitative estimate of drug-likeness (QED) is 0.558. The summed E-state index contributed by atoms with van der Waals surface area (Å²) < 4.78 is 21.2. The molecule has 106 valence electrons. The van der Waals surface area contributed by atoms with Crippen LogP contribution in [0.15, 0.2) is 0 Å². The Bertz CT molecular complexity index is 435. The highest BCUT2D eigenvalue weighted by Crippen LogP contribution is 2.53. The maximum absolute atomic E-state index is 11.2. The summed E-state index contributed by atoms with van der Waals surface area (Å²) in [5.41, 5.74) is -1.02. The molecule has 2 heterocycles. The lowest BCUT2D eigenvalue weighted by molar-refractivity contribution is -0.153. The summed E-state index contributed by atoms with van der Waals surface area (Å²) in [6.45, 7) is 5.46. The standard InChI is InChI=1S/C13H18O6/c1-7(14)17-9-4-8(5-10-13(9,3)18-10)12(2)6-16-11(15)19-12/h8-10H,4-6H2,1-3H3/t8-,9+,10+,12-,13-/m1/s1. The Balaban J connectivity index is 1.75. The van der Waals surface area contributed by atoms with Crippen molar-refractivity contribution in [3.8, 4) is 0 Å². The van der Waals surface area contributed by atoms with Crippen molar-refractivity contribution < 1.29 is 28.5 Å². The number of carbonyl (C=O) groups excluding carboxylic acids is 2. The Hall–Kier alpha value is -1.30. The van der Waals surface area contributed by atoms with E-state index in [0.717, 1.165) is 6.42 Å². The molecule has 2 saturated heterocycles. The summed E-state index contributed by atoms with van der Waals surface area (Å²) in [7, 11) is 0. The van der Waals surface area contributed by atoms with Gasteiger partial charge in [0.05, 0.1) is 6.10 Å². The molecule has 0 aromatic rings. The van der Waals surface area contributed by atoms with E-state index < -0.39 is 11.8 Å². The fourth-order valence-corrected chi connectivity index (χ4v) is 3.20. The minimum absolute atomic E-state index is 0.0618. The molecule has 1 aliphatic carbocycles. The van der Waals surface area contributed by atoms with Crippen molar-refractivity contribution in [2.45, 2.75) is 57.0 Å². The van der Waals surface area contributed by atoms with Crippen LogP contribution in [0.1, 0.15) is 33.6 Å². The molecule has 0 bridgehead atoms. The molecule has 0 aromatic carbocycles. The third-order valence-corrected chi connectivity index (χ3v) is 4.58. The fourth-order valence-electron chi connectivity index (χ4n) is 3.20. The van der Waals surface area contributed by atoms with Crippen molar-refractivity contribution in [2.24, 2.45) is 5.92 Å². The van der Waals surface area contributed by atoms with E-state index in [1.54, 1.807) is 0 Å². The SMILES string of the molecule is CC(=O)O[C@H]1C[C@@H]([C@@]2(C)COC(=O)O2)C[C@@H]2O[C@]12C. The van der Waals surface area contributed by atoms with Gasteiger partial charge in [0, 0.05) is 12.8 Å². The van der Waals surface area contributed by atoms with Crippen LogP contribution in [0.3, 0.4) is 0 Å². The van der Waals surface area contributed by atoms with E-state index in [1.807, 2.05) is 13.8 Å². The minimum atomic E-state index is -0.650. The van der Waals surface area contributed by atoms with Crippen LogP contribution in [-0.2, 0) is 23.7 Å². The highest BCUT2D eigenvalue weighted by molar-refractivity contribution is 5.66. The number of ether oxygens (including phenoxy) is 4. The van der Waals surface area contributed by atoms with Crippen LogP contribution < -0.4 is 0 Å². The molecule has 19 heavy (non-hydrogen) atoms. The monoisotopic (exact) mass is 270 g/mol.